The number of ether oxygens (including phenoxy) is 1. The summed E-state index contributed by atoms with van der Waals surface area (Å²) in [5, 5.41) is 0.299. The average Bonchev–Trinajstić information content (AvgIpc) is 2.87. The summed E-state index contributed by atoms with van der Waals surface area (Å²) in [5.74, 6) is 2.08. The Labute approximate surface area is 157 Å². The van der Waals surface area contributed by atoms with E-state index in [4.69, 9.17) is 9.16 Å². The molecule has 2 rings (SSSR count). The highest BCUT2D eigenvalue weighted by Gasteiger charge is 2.61. The van der Waals surface area contributed by atoms with Gasteiger partial charge in [0.25, 0.3) is 0 Å². The highest BCUT2D eigenvalue weighted by atomic mass is 28.4. The van der Waals surface area contributed by atoms with Crippen molar-refractivity contribution in [2.45, 2.75) is 71.5 Å². The van der Waals surface area contributed by atoms with E-state index in [1.807, 2.05) is 0 Å². The topological polar surface area (TPSA) is 18.5 Å². The molecular weight excluding hydrogens is 324 g/mol. The van der Waals surface area contributed by atoms with Gasteiger partial charge in [0.2, 0.25) is 0 Å². The smallest absolute Gasteiger partial charge is 0.191 e. The quantitative estimate of drug-likeness (QED) is 0.275. The number of hydrogen-bond donors (Lipinski definition) is 0. The van der Waals surface area contributed by atoms with Crippen molar-refractivity contribution in [1.29, 1.82) is 0 Å². The molecule has 2 aliphatic rings. The zero-order valence-electron chi connectivity index (χ0n) is 17.4. The molecule has 1 saturated carbocycles. The Morgan fingerprint density at radius 2 is 2.04 bits per heavy atom. The molecule has 0 unspecified atom stereocenters. The van der Waals surface area contributed by atoms with Gasteiger partial charge in [-0.1, -0.05) is 52.3 Å². The van der Waals surface area contributed by atoms with E-state index in [9.17, 15) is 0 Å². The van der Waals surface area contributed by atoms with Gasteiger partial charge >= 0.3 is 0 Å². The van der Waals surface area contributed by atoms with Crippen LogP contribution in [0.2, 0.25) is 18.1 Å². The van der Waals surface area contributed by atoms with E-state index in [1.165, 1.54) is 12.8 Å². The van der Waals surface area contributed by atoms with Crippen LogP contribution in [-0.4, -0.2) is 28.1 Å². The average molecular weight is 365 g/mol. The molecule has 144 valence electrons. The lowest BCUT2D eigenvalue weighted by atomic mass is 9.47. The van der Waals surface area contributed by atoms with Crippen LogP contribution in [0.1, 0.15) is 53.4 Å². The Bertz CT molecular complexity index is 477. The molecule has 3 heteroatoms. The van der Waals surface area contributed by atoms with Crippen LogP contribution in [0, 0.1) is 23.2 Å². The molecule has 1 saturated heterocycles. The normalized spacial score (nSPS) is 32.6. The van der Waals surface area contributed by atoms with Crippen LogP contribution >= 0.6 is 0 Å². The highest BCUT2D eigenvalue weighted by molar-refractivity contribution is 6.74. The van der Waals surface area contributed by atoms with Crippen LogP contribution in [0.15, 0.2) is 24.8 Å². The minimum absolute atomic E-state index is 0.238. The van der Waals surface area contributed by atoms with Gasteiger partial charge in [-0.15, -0.1) is 6.58 Å². The van der Waals surface area contributed by atoms with E-state index in [0.717, 1.165) is 38.6 Å². The van der Waals surface area contributed by atoms with Gasteiger partial charge in [0.15, 0.2) is 8.32 Å². The highest BCUT2D eigenvalue weighted by Crippen LogP contribution is 2.62. The minimum atomic E-state index is -1.60. The van der Waals surface area contributed by atoms with Crippen molar-refractivity contribution in [1.82, 2.24) is 0 Å². The molecule has 0 amide bonds. The third-order valence-electron chi connectivity index (χ3n) is 7.03. The number of unbranched alkanes of at least 4 members (excludes halogenated alkanes) is 1. The number of allylic oxidation sites excluding steroid dienone is 2. The summed E-state index contributed by atoms with van der Waals surface area (Å²) in [6, 6.07) is 0. The van der Waals surface area contributed by atoms with Crippen molar-refractivity contribution in [3.8, 4) is 0 Å². The van der Waals surface area contributed by atoms with E-state index < -0.39 is 8.32 Å². The van der Waals surface area contributed by atoms with E-state index in [-0.39, 0.29) is 5.41 Å². The number of fused-ring (bicyclic) bond motifs is 1. The molecule has 0 aromatic rings. The Balaban J connectivity index is 1.83. The van der Waals surface area contributed by atoms with E-state index in [0.29, 0.717) is 16.9 Å². The second kappa shape index (κ2) is 8.10. The molecule has 2 fully saturated rings. The third-order valence-corrected chi connectivity index (χ3v) is 11.6. The van der Waals surface area contributed by atoms with Gasteiger partial charge in [0.05, 0.1) is 13.2 Å². The zero-order chi connectivity index (χ0) is 18.7. The Hall–Kier alpha value is -0.383. The molecule has 4 atom stereocenters. The lowest BCUT2D eigenvalue weighted by Gasteiger charge is -2.55. The maximum atomic E-state index is 6.28. The van der Waals surface area contributed by atoms with Crippen LogP contribution in [0.3, 0.4) is 0 Å². The molecule has 2 nitrogen and oxygen atoms in total. The summed E-state index contributed by atoms with van der Waals surface area (Å²) < 4.78 is 12.2. The summed E-state index contributed by atoms with van der Waals surface area (Å²) in [6.45, 7) is 20.7. The molecular formula is C22H40O2Si. The Morgan fingerprint density at radius 3 is 2.64 bits per heavy atom. The lowest BCUT2D eigenvalue weighted by Crippen LogP contribution is -2.54. The van der Waals surface area contributed by atoms with Crippen molar-refractivity contribution in [3.05, 3.63) is 24.8 Å². The van der Waals surface area contributed by atoms with Gasteiger partial charge < -0.3 is 9.16 Å². The summed E-state index contributed by atoms with van der Waals surface area (Å²) in [7, 11) is -1.60. The first kappa shape index (κ1) is 20.9. The second-order valence-electron chi connectivity index (χ2n) is 9.60. The predicted octanol–water partition coefficient (Wildman–Crippen LogP) is 6.21. The van der Waals surface area contributed by atoms with Crippen molar-refractivity contribution in [3.63, 3.8) is 0 Å². The first-order chi connectivity index (χ1) is 11.7. The molecule has 1 aliphatic carbocycles. The van der Waals surface area contributed by atoms with E-state index in [2.05, 4.69) is 65.6 Å². The zero-order valence-corrected chi connectivity index (χ0v) is 18.4. The van der Waals surface area contributed by atoms with Gasteiger partial charge in [-0.2, -0.15) is 0 Å². The van der Waals surface area contributed by atoms with Crippen LogP contribution in [0.5, 0.6) is 0 Å². The molecule has 0 aromatic heterocycles. The molecule has 1 aliphatic heterocycles. The fourth-order valence-corrected chi connectivity index (χ4v) is 5.55. The molecule has 0 N–H and O–H groups in total. The molecule has 0 spiro atoms. The minimum Gasteiger partial charge on any atom is -0.417 e. The van der Waals surface area contributed by atoms with Gasteiger partial charge in [-0.25, -0.2) is 0 Å². The second-order valence-corrected chi connectivity index (χ2v) is 14.4. The monoisotopic (exact) mass is 364 g/mol. The van der Waals surface area contributed by atoms with E-state index in [1.54, 1.807) is 0 Å². The van der Waals surface area contributed by atoms with Gasteiger partial charge in [-0.3, -0.25) is 0 Å². The maximum absolute atomic E-state index is 6.28. The van der Waals surface area contributed by atoms with Crippen LogP contribution in [0.4, 0.5) is 0 Å². The number of rotatable bonds is 9. The molecule has 25 heavy (non-hydrogen) atoms. The van der Waals surface area contributed by atoms with Crippen LogP contribution < -0.4 is 0 Å². The van der Waals surface area contributed by atoms with Crippen LogP contribution in [-0.2, 0) is 9.16 Å². The first-order valence-corrected chi connectivity index (χ1v) is 13.1. The van der Waals surface area contributed by atoms with E-state index >= 15 is 0 Å². The first-order valence-electron chi connectivity index (χ1n) is 10.2. The largest absolute Gasteiger partial charge is 0.417 e. The summed E-state index contributed by atoms with van der Waals surface area (Å²) in [4.78, 5) is 0. The Morgan fingerprint density at radius 1 is 1.32 bits per heavy atom. The molecule has 0 bridgehead atoms. The summed E-state index contributed by atoms with van der Waals surface area (Å²) >= 11 is 0. The third kappa shape index (κ3) is 4.14. The van der Waals surface area contributed by atoms with Crippen LogP contribution in [0.25, 0.3) is 0 Å². The molecule has 0 aromatic carbocycles. The lowest BCUT2D eigenvalue weighted by molar-refractivity contribution is -0.0219. The predicted molar refractivity (Wildman–Crippen MR) is 110 cm³/mol. The fourth-order valence-electron chi connectivity index (χ4n) is 4.46. The SMILES string of the molecule is C=C[C@H]1[C@H](CCC)[C@@H]2COC[C@]12/C=C/CCCO[Si](C)(C)C(C)(C)C. The number of hydrogen-bond acceptors (Lipinski definition) is 2. The van der Waals surface area contributed by atoms with Gasteiger partial charge in [0.1, 0.15) is 0 Å². The Kier molecular flexibility index (Phi) is 6.78. The van der Waals surface area contributed by atoms with Gasteiger partial charge in [0, 0.05) is 12.0 Å². The standard InChI is InChI=1S/C22H40O2Si/c1-8-13-18-19(9-2)22(17-23-16-20(18)22)14-11-10-12-15-24-25(6,7)21(3,4)5/h9,11,14,18-20H,2,8,10,12-13,15-17H2,1,3-7H3/b14-11+/t18-,19-,20-,22+/m0/s1. The van der Waals surface area contributed by atoms with Crippen molar-refractivity contribution in [2.75, 3.05) is 19.8 Å². The van der Waals surface area contributed by atoms with Crippen molar-refractivity contribution >= 4 is 8.32 Å². The fraction of sp³-hybridized carbons (Fsp3) is 0.818. The summed E-state index contributed by atoms with van der Waals surface area (Å²) in [5.41, 5.74) is 0.238. The van der Waals surface area contributed by atoms with Crippen molar-refractivity contribution < 1.29 is 9.16 Å². The maximum Gasteiger partial charge on any atom is 0.191 e. The summed E-state index contributed by atoms with van der Waals surface area (Å²) in [6.07, 6.45) is 11.8. The van der Waals surface area contributed by atoms with Crippen molar-refractivity contribution in [2.24, 2.45) is 23.2 Å². The molecule has 1 heterocycles. The molecule has 0 radical (unpaired) electrons. The van der Waals surface area contributed by atoms with Gasteiger partial charge in [-0.05, 0) is 55.1 Å².